The maximum atomic E-state index is 12.9. The maximum Gasteiger partial charge on any atom is 0.250 e. The largest absolute Gasteiger partial charge is 0.494 e. The molecule has 1 atom stereocenters. The van der Waals surface area contributed by atoms with E-state index in [9.17, 15) is 9.59 Å². The summed E-state index contributed by atoms with van der Waals surface area (Å²) in [7, 11) is 1.64. The van der Waals surface area contributed by atoms with E-state index >= 15 is 0 Å². The van der Waals surface area contributed by atoms with Gasteiger partial charge in [-0.15, -0.1) is 0 Å². The molecule has 0 spiro atoms. The Morgan fingerprint density at radius 3 is 2.74 bits per heavy atom. The first-order valence-corrected chi connectivity index (χ1v) is 9.68. The quantitative estimate of drug-likeness (QED) is 0.761. The molecule has 1 aliphatic carbocycles. The molecular formula is C21H28N2O4. The molecule has 1 saturated carbocycles. The first-order chi connectivity index (χ1) is 13.1. The highest BCUT2D eigenvalue weighted by Gasteiger charge is 2.40. The average molecular weight is 372 g/mol. The van der Waals surface area contributed by atoms with Gasteiger partial charge in [0.15, 0.2) is 0 Å². The van der Waals surface area contributed by atoms with Gasteiger partial charge in [-0.2, -0.15) is 0 Å². The molecule has 6 nitrogen and oxygen atoms in total. The van der Waals surface area contributed by atoms with Crippen LogP contribution in [0.3, 0.4) is 0 Å². The fourth-order valence-electron chi connectivity index (χ4n) is 3.95. The monoisotopic (exact) mass is 372 g/mol. The van der Waals surface area contributed by atoms with Crippen molar-refractivity contribution in [2.24, 2.45) is 0 Å². The first-order valence-electron chi connectivity index (χ1n) is 9.68. The van der Waals surface area contributed by atoms with Crippen LogP contribution in [-0.4, -0.2) is 49.6 Å². The minimum Gasteiger partial charge on any atom is -0.494 e. The molecule has 3 rings (SSSR count). The standard InChI is InChI=1S/C21H28N2O4/c1-3-27-16-10-8-15(9-11-16)22-20(24)14-18-17-6-4-5-7-19(17)23(21(18)25)12-13-26-2/h8-11,19H,3-7,12-14H2,1-2H3,(H,22,24). The lowest BCUT2D eigenvalue weighted by atomic mass is 9.88. The number of hydrogen-bond donors (Lipinski definition) is 1. The number of carbonyl (C=O) groups excluding carboxylic acids is 2. The van der Waals surface area contributed by atoms with E-state index in [0.29, 0.717) is 31.0 Å². The zero-order chi connectivity index (χ0) is 19.2. The van der Waals surface area contributed by atoms with E-state index in [1.54, 1.807) is 7.11 Å². The van der Waals surface area contributed by atoms with Gasteiger partial charge in [-0.3, -0.25) is 9.59 Å². The third kappa shape index (κ3) is 4.50. The third-order valence-corrected chi connectivity index (χ3v) is 5.18. The highest BCUT2D eigenvalue weighted by Crippen LogP contribution is 2.37. The molecule has 0 bridgehead atoms. The van der Waals surface area contributed by atoms with Crippen molar-refractivity contribution >= 4 is 17.5 Å². The Morgan fingerprint density at radius 2 is 2.04 bits per heavy atom. The molecule has 1 aliphatic heterocycles. The molecule has 146 valence electrons. The van der Waals surface area contributed by atoms with Gasteiger partial charge >= 0.3 is 0 Å². The zero-order valence-corrected chi connectivity index (χ0v) is 16.1. The number of rotatable bonds is 8. The number of fused-ring (bicyclic) bond motifs is 1. The lowest BCUT2D eigenvalue weighted by molar-refractivity contribution is -0.129. The molecule has 1 unspecified atom stereocenters. The van der Waals surface area contributed by atoms with Crippen molar-refractivity contribution in [3.63, 3.8) is 0 Å². The van der Waals surface area contributed by atoms with Gasteiger partial charge in [0.2, 0.25) is 5.91 Å². The summed E-state index contributed by atoms with van der Waals surface area (Å²) < 4.78 is 10.6. The van der Waals surface area contributed by atoms with E-state index in [2.05, 4.69) is 5.32 Å². The average Bonchev–Trinajstić information content (AvgIpc) is 2.93. The van der Waals surface area contributed by atoms with E-state index in [4.69, 9.17) is 9.47 Å². The van der Waals surface area contributed by atoms with Gasteiger partial charge in [0.25, 0.3) is 5.91 Å². The number of methoxy groups -OCH3 is 1. The SMILES string of the molecule is CCOc1ccc(NC(=O)CC2=C3CCCCC3N(CCOC)C2=O)cc1. The van der Waals surface area contributed by atoms with Crippen molar-refractivity contribution in [3.05, 3.63) is 35.4 Å². The van der Waals surface area contributed by atoms with Gasteiger partial charge in [0.1, 0.15) is 5.75 Å². The maximum absolute atomic E-state index is 12.9. The van der Waals surface area contributed by atoms with Crippen LogP contribution in [0.25, 0.3) is 0 Å². The van der Waals surface area contributed by atoms with Crippen molar-refractivity contribution in [3.8, 4) is 5.75 Å². The summed E-state index contributed by atoms with van der Waals surface area (Å²) in [6.45, 7) is 3.62. The normalized spacial score (nSPS) is 19.3. The molecule has 1 N–H and O–H groups in total. The van der Waals surface area contributed by atoms with Gasteiger partial charge in [-0.1, -0.05) is 6.42 Å². The predicted molar refractivity (Wildman–Crippen MR) is 104 cm³/mol. The van der Waals surface area contributed by atoms with Crippen molar-refractivity contribution in [1.29, 1.82) is 0 Å². The number of hydrogen-bond acceptors (Lipinski definition) is 4. The van der Waals surface area contributed by atoms with Crippen LogP contribution in [0.2, 0.25) is 0 Å². The number of carbonyl (C=O) groups is 2. The summed E-state index contributed by atoms with van der Waals surface area (Å²) in [6.07, 6.45) is 4.22. The van der Waals surface area contributed by atoms with Crippen molar-refractivity contribution < 1.29 is 19.1 Å². The van der Waals surface area contributed by atoms with E-state index < -0.39 is 0 Å². The lowest BCUT2D eigenvalue weighted by Gasteiger charge is -2.29. The molecule has 1 aromatic carbocycles. The Hall–Kier alpha value is -2.34. The number of amides is 2. The van der Waals surface area contributed by atoms with Crippen molar-refractivity contribution in [2.75, 3.05) is 32.2 Å². The Morgan fingerprint density at radius 1 is 1.26 bits per heavy atom. The number of anilines is 1. The molecule has 1 heterocycles. The summed E-state index contributed by atoms with van der Waals surface area (Å²) in [5.74, 6) is 0.606. The summed E-state index contributed by atoms with van der Waals surface area (Å²) in [5.41, 5.74) is 2.54. The molecule has 0 saturated heterocycles. The van der Waals surface area contributed by atoms with Gasteiger partial charge in [-0.25, -0.2) is 0 Å². The van der Waals surface area contributed by atoms with Gasteiger partial charge in [-0.05, 0) is 56.0 Å². The van der Waals surface area contributed by atoms with Crippen LogP contribution < -0.4 is 10.1 Å². The Balaban J connectivity index is 1.67. The van der Waals surface area contributed by atoms with Crippen LogP contribution in [-0.2, 0) is 14.3 Å². The van der Waals surface area contributed by atoms with Crippen LogP contribution in [0, 0.1) is 0 Å². The minimum absolute atomic E-state index is 0.00389. The van der Waals surface area contributed by atoms with Gasteiger partial charge in [0, 0.05) is 24.9 Å². The number of ether oxygens (including phenoxy) is 2. The minimum atomic E-state index is -0.159. The highest BCUT2D eigenvalue weighted by atomic mass is 16.5. The van der Waals surface area contributed by atoms with E-state index in [1.807, 2.05) is 36.1 Å². The number of benzene rings is 1. The second-order valence-electron chi connectivity index (χ2n) is 6.94. The number of nitrogens with zero attached hydrogens (tertiary/aromatic N) is 1. The molecule has 1 aromatic rings. The Labute approximate surface area is 160 Å². The second kappa shape index (κ2) is 9.04. The van der Waals surface area contributed by atoms with Gasteiger partial charge < -0.3 is 19.7 Å². The summed E-state index contributed by atoms with van der Waals surface area (Å²) in [4.78, 5) is 27.3. The molecular weight excluding hydrogens is 344 g/mol. The smallest absolute Gasteiger partial charge is 0.250 e. The molecule has 2 amide bonds. The fourth-order valence-corrected chi connectivity index (χ4v) is 3.95. The van der Waals surface area contributed by atoms with E-state index in [-0.39, 0.29) is 24.3 Å². The molecule has 0 radical (unpaired) electrons. The van der Waals surface area contributed by atoms with Crippen LogP contribution in [0.15, 0.2) is 35.4 Å². The Bertz CT molecular complexity index is 711. The number of nitrogens with one attached hydrogen (secondary N) is 1. The molecule has 0 aromatic heterocycles. The molecule has 27 heavy (non-hydrogen) atoms. The van der Waals surface area contributed by atoms with Gasteiger partial charge in [0.05, 0.1) is 25.7 Å². The topological polar surface area (TPSA) is 67.9 Å². The third-order valence-electron chi connectivity index (χ3n) is 5.18. The van der Waals surface area contributed by atoms with Crippen LogP contribution in [0.1, 0.15) is 39.0 Å². The first kappa shape index (κ1) is 19.4. The van der Waals surface area contributed by atoms with Crippen molar-refractivity contribution in [1.82, 2.24) is 4.90 Å². The van der Waals surface area contributed by atoms with Crippen LogP contribution in [0.5, 0.6) is 5.75 Å². The summed E-state index contributed by atoms with van der Waals surface area (Å²) in [6, 6.07) is 7.42. The highest BCUT2D eigenvalue weighted by molar-refractivity contribution is 6.04. The van der Waals surface area contributed by atoms with Crippen LogP contribution >= 0.6 is 0 Å². The van der Waals surface area contributed by atoms with Crippen molar-refractivity contribution in [2.45, 2.75) is 45.1 Å². The summed E-state index contributed by atoms with van der Waals surface area (Å²) in [5, 5.41) is 2.89. The summed E-state index contributed by atoms with van der Waals surface area (Å²) >= 11 is 0. The zero-order valence-electron chi connectivity index (χ0n) is 16.1. The lowest BCUT2D eigenvalue weighted by Crippen LogP contribution is -2.39. The van der Waals surface area contributed by atoms with E-state index in [0.717, 1.165) is 37.0 Å². The molecule has 1 fully saturated rings. The van der Waals surface area contributed by atoms with E-state index in [1.165, 1.54) is 0 Å². The second-order valence-corrected chi connectivity index (χ2v) is 6.94. The predicted octanol–water partition coefficient (Wildman–Crippen LogP) is 3.14. The molecule has 2 aliphatic rings. The Kier molecular flexibility index (Phi) is 6.50. The van der Waals surface area contributed by atoms with Crippen LogP contribution in [0.4, 0.5) is 5.69 Å². The molecule has 6 heteroatoms. The fraction of sp³-hybridized carbons (Fsp3) is 0.524.